The maximum Gasteiger partial charge on any atom is 0.0721 e. The van der Waals surface area contributed by atoms with E-state index >= 15 is 0 Å². The Morgan fingerprint density at radius 3 is 2.20 bits per heavy atom. The lowest BCUT2D eigenvalue weighted by atomic mass is 10.1. The molecule has 5 aromatic rings. The van der Waals surface area contributed by atoms with Crippen LogP contribution in [0, 0.1) is 0 Å². The van der Waals surface area contributed by atoms with E-state index in [1.165, 1.54) is 38.5 Å². The van der Waals surface area contributed by atoms with Gasteiger partial charge in [-0.05, 0) is 47.0 Å². The van der Waals surface area contributed by atoms with Crippen molar-refractivity contribution in [2.45, 2.75) is 6.61 Å². The van der Waals surface area contributed by atoms with Gasteiger partial charge in [-0.25, -0.2) is 0 Å². The summed E-state index contributed by atoms with van der Waals surface area (Å²) in [7, 11) is 0. The van der Waals surface area contributed by atoms with Gasteiger partial charge in [0.25, 0.3) is 0 Å². The van der Waals surface area contributed by atoms with Crippen LogP contribution in [0.5, 0.6) is 0 Å². The number of fused-ring (bicyclic) bond motifs is 3. The Kier molecular flexibility index (Phi) is 4.92. The van der Waals surface area contributed by atoms with Crippen molar-refractivity contribution in [3.8, 4) is 16.8 Å². The first-order chi connectivity index (χ1) is 14.8. The van der Waals surface area contributed by atoms with E-state index in [1.54, 1.807) is 6.08 Å². The Bertz CT molecular complexity index is 1310. The summed E-state index contributed by atoms with van der Waals surface area (Å²) in [5.74, 6) is 0. The molecule has 0 radical (unpaired) electrons. The van der Waals surface area contributed by atoms with Gasteiger partial charge in [0.1, 0.15) is 0 Å². The third-order valence-corrected chi connectivity index (χ3v) is 5.47. The van der Waals surface area contributed by atoms with Gasteiger partial charge in [-0.2, -0.15) is 0 Å². The number of hydrogen-bond donors (Lipinski definition) is 0. The first-order valence-electron chi connectivity index (χ1n) is 10.2. The molecule has 2 heteroatoms. The number of hydrogen-bond acceptors (Lipinski definition) is 1. The van der Waals surface area contributed by atoms with Crippen molar-refractivity contribution in [3.63, 3.8) is 0 Å². The largest absolute Gasteiger partial charge is 0.373 e. The van der Waals surface area contributed by atoms with Gasteiger partial charge in [-0.15, -0.1) is 6.58 Å². The molecule has 0 fully saturated rings. The van der Waals surface area contributed by atoms with Crippen LogP contribution in [0.4, 0.5) is 0 Å². The van der Waals surface area contributed by atoms with Gasteiger partial charge in [0.05, 0.1) is 24.2 Å². The first-order valence-corrected chi connectivity index (χ1v) is 10.2. The van der Waals surface area contributed by atoms with Crippen LogP contribution < -0.4 is 0 Å². The summed E-state index contributed by atoms with van der Waals surface area (Å²) in [6, 6.07) is 34.5. The molecular weight excluding hydrogens is 366 g/mol. The van der Waals surface area contributed by atoms with E-state index in [9.17, 15) is 0 Å². The van der Waals surface area contributed by atoms with Crippen LogP contribution in [0.1, 0.15) is 5.56 Å². The minimum Gasteiger partial charge on any atom is -0.373 e. The summed E-state index contributed by atoms with van der Waals surface area (Å²) in [5, 5.41) is 2.50. The van der Waals surface area contributed by atoms with Crippen LogP contribution in [-0.4, -0.2) is 11.2 Å². The van der Waals surface area contributed by atoms with Crippen molar-refractivity contribution in [2.24, 2.45) is 0 Å². The van der Waals surface area contributed by atoms with Crippen molar-refractivity contribution in [3.05, 3.63) is 115 Å². The summed E-state index contributed by atoms with van der Waals surface area (Å²) < 4.78 is 7.99. The molecule has 0 saturated carbocycles. The van der Waals surface area contributed by atoms with Gasteiger partial charge in [-0.1, -0.05) is 72.8 Å². The van der Waals surface area contributed by atoms with Crippen molar-refractivity contribution in [2.75, 3.05) is 6.61 Å². The van der Waals surface area contributed by atoms with E-state index in [2.05, 4.69) is 102 Å². The van der Waals surface area contributed by atoms with Gasteiger partial charge in [0, 0.05) is 16.5 Å². The van der Waals surface area contributed by atoms with Crippen molar-refractivity contribution in [1.82, 2.24) is 4.57 Å². The third kappa shape index (κ3) is 3.32. The number of benzene rings is 4. The minimum absolute atomic E-state index is 0.563. The summed E-state index contributed by atoms with van der Waals surface area (Å²) in [4.78, 5) is 0. The topological polar surface area (TPSA) is 14.2 Å². The molecule has 0 spiro atoms. The SMILES string of the molecule is C=CCOCc1ccc2c(c1)c1ccccc1n2-c1ccc(-c2ccccc2)cc1. The van der Waals surface area contributed by atoms with Gasteiger partial charge < -0.3 is 9.30 Å². The Balaban J connectivity index is 1.62. The van der Waals surface area contributed by atoms with Crippen molar-refractivity contribution >= 4 is 21.8 Å². The molecule has 0 unspecified atom stereocenters. The molecule has 0 bridgehead atoms. The molecule has 30 heavy (non-hydrogen) atoms. The predicted octanol–water partition coefficient (Wildman–Crippen LogP) is 7.15. The normalized spacial score (nSPS) is 11.2. The Hall–Kier alpha value is -3.62. The summed E-state index contributed by atoms with van der Waals surface area (Å²) >= 11 is 0. The Morgan fingerprint density at radius 2 is 1.40 bits per heavy atom. The maximum absolute atomic E-state index is 5.65. The van der Waals surface area contributed by atoms with Crippen LogP contribution >= 0.6 is 0 Å². The van der Waals surface area contributed by atoms with Crippen molar-refractivity contribution < 1.29 is 4.74 Å². The lowest BCUT2D eigenvalue weighted by molar-refractivity contribution is 0.149. The zero-order chi connectivity index (χ0) is 20.3. The van der Waals surface area contributed by atoms with E-state index in [0.29, 0.717) is 13.2 Å². The fraction of sp³-hybridized carbons (Fsp3) is 0.0714. The van der Waals surface area contributed by atoms with Crippen molar-refractivity contribution in [1.29, 1.82) is 0 Å². The molecule has 146 valence electrons. The summed E-state index contributed by atoms with van der Waals surface area (Å²) in [5.41, 5.74) is 7.21. The van der Waals surface area contributed by atoms with E-state index < -0.39 is 0 Å². The quantitative estimate of drug-likeness (QED) is 0.222. The molecule has 4 aromatic carbocycles. The van der Waals surface area contributed by atoms with Crippen LogP contribution in [-0.2, 0) is 11.3 Å². The zero-order valence-electron chi connectivity index (χ0n) is 16.8. The Labute approximate surface area is 176 Å². The van der Waals surface area contributed by atoms with Crippen LogP contribution in [0.25, 0.3) is 38.6 Å². The van der Waals surface area contributed by atoms with Crippen LogP contribution in [0.3, 0.4) is 0 Å². The molecule has 0 aliphatic rings. The lowest BCUT2D eigenvalue weighted by Crippen LogP contribution is -1.95. The molecule has 0 amide bonds. The van der Waals surface area contributed by atoms with Gasteiger partial charge in [0.15, 0.2) is 0 Å². The van der Waals surface area contributed by atoms with Gasteiger partial charge >= 0.3 is 0 Å². The summed E-state index contributed by atoms with van der Waals surface area (Å²) in [6.07, 6.45) is 1.78. The standard InChI is InChI=1S/C28H23NO/c1-2-18-30-20-21-12-17-28-26(19-21)25-10-6-7-11-27(25)29(28)24-15-13-23(14-16-24)22-8-4-3-5-9-22/h2-17,19H,1,18,20H2. The second kappa shape index (κ2) is 8.02. The molecule has 1 aromatic heterocycles. The number of nitrogens with zero attached hydrogens (tertiary/aromatic N) is 1. The van der Waals surface area contributed by atoms with Crippen LogP contribution in [0.2, 0.25) is 0 Å². The number of rotatable bonds is 6. The summed E-state index contributed by atoms with van der Waals surface area (Å²) in [6.45, 7) is 4.87. The third-order valence-electron chi connectivity index (χ3n) is 5.47. The fourth-order valence-corrected chi connectivity index (χ4v) is 4.08. The molecular formula is C28H23NO. The monoisotopic (exact) mass is 389 g/mol. The number of para-hydroxylation sites is 1. The maximum atomic E-state index is 5.65. The molecule has 0 saturated heterocycles. The zero-order valence-corrected chi connectivity index (χ0v) is 16.8. The van der Waals surface area contributed by atoms with Gasteiger partial charge in [0.2, 0.25) is 0 Å². The highest BCUT2D eigenvalue weighted by atomic mass is 16.5. The highest BCUT2D eigenvalue weighted by molar-refractivity contribution is 6.09. The predicted molar refractivity (Wildman–Crippen MR) is 126 cm³/mol. The highest BCUT2D eigenvalue weighted by Crippen LogP contribution is 2.33. The highest BCUT2D eigenvalue weighted by Gasteiger charge is 2.12. The lowest BCUT2D eigenvalue weighted by Gasteiger charge is -2.10. The minimum atomic E-state index is 0.563. The molecule has 0 N–H and O–H groups in total. The van der Waals surface area contributed by atoms with E-state index in [1.807, 2.05) is 6.07 Å². The van der Waals surface area contributed by atoms with E-state index in [4.69, 9.17) is 4.74 Å². The Morgan fingerprint density at radius 1 is 0.700 bits per heavy atom. The number of aromatic nitrogens is 1. The second-order valence-corrected chi connectivity index (χ2v) is 7.42. The molecule has 1 heterocycles. The fourth-order valence-electron chi connectivity index (χ4n) is 4.08. The van der Waals surface area contributed by atoms with E-state index in [0.717, 1.165) is 5.69 Å². The smallest absolute Gasteiger partial charge is 0.0721 e. The average molecular weight is 389 g/mol. The molecule has 0 atom stereocenters. The van der Waals surface area contributed by atoms with Gasteiger partial charge in [-0.3, -0.25) is 0 Å². The first kappa shape index (κ1) is 18.4. The molecule has 5 rings (SSSR count). The molecule has 2 nitrogen and oxygen atoms in total. The van der Waals surface area contributed by atoms with Crippen LogP contribution in [0.15, 0.2) is 110 Å². The number of ether oxygens (including phenoxy) is 1. The average Bonchev–Trinajstić information content (AvgIpc) is 3.14. The second-order valence-electron chi connectivity index (χ2n) is 7.42. The molecule has 0 aliphatic heterocycles. The molecule has 0 aliphatic carbocycles. The van der Waals surface area contributed by atoms with E-state index in [-0.39, 0.29) is 0 Å².